The molecule has 3 aromatic carbocycles. The maximum absolute atomic E-state index is 11.1. The van der Waals surface area contributed by atoms with E-state index in [2.05, 4.69) is 65.0 Å². The van der Waals surface area contributed by atoms with Crippen molar-refractivity contribution >= 4 is 11.1 Å². The second-order valence-corrected chi connectivity index (χ2v) is 7.85. The lowest BCUT2D eigenvalue weighted by atomic mass is 9.90. The molecule has 0 amide bonds. The Morgan fingerprint density at radius 1 is 0.833 bits per heavy atom. The van der Waals surface area contributed by atoms with Gasteiger partial charge in [0.15, 0.2) is 0 Å². The molecule has 148 valence electrons. The molecular formula is C27H24N2O. The molecule has 0 saturated heterocycles. The van der Waals surface area contributed by atoms with E-state index in [9.17, 15) is 5.11 Å². The number of hydrogen-bond acceptors (Lipinski definition) is 2. The Labute approximate surface area is 177 Å². The van der Waals surface area contributed by atoms with Crippen LogP contribution in [0.4, 0.5) is 0 Å². The second-order valence-electron chi connectivity index (χ2n) is 7.85. The Morgan fingerprint density at radius 2 is 1.43 bits per heavy atom. The van der Waals surface area contributed by atoms with Gasteiger partial charge in [0.25, 0.3) is 0 Å². The average Bonchev–Trinajstić information content (AvgIpc) is 3.38. The highest BCUT2D eigenvalue weighted by Crippen LogP contribution is 2.45. The van der Waals surface area contributed by atoms with Crippen molar-refractivity contribution in [2.45, 2.75) is 25.5 Å². The van der Waals surface area contributed by atoms with E-state index >= 15 is 0 Å². The molecule has 5 rings (SSSR count). The highest BCUT2D eigenvalue weighted by Gasteiger charge is 2.31. The first-order chi connectivity index (χ1) is 14.7. The fourth-order valence-corrected chi connectivity index (χ4v) is 4.50. The first kappa shape index (κ1) is 18.6. The monoisotopic (exact) mass is 392 g/mol. The molecule has 1 N–H and O–H groups in total. The molecule has 4 aromatic rings. The van der Waals surface area contributed by atoms with Crippen molar-refractivity contribution in [3.63, 3.8) is 0 Å². The van der Waals surface area contributed by atoms with Crippen LogP contribution in [0.2, 0.25) is 0 Å². The molecular weight excluding hydrogens is 368 g/mol. The Hall–Kier alpha value is -3.43. The van der Waals surface area contributed by atoms with E-state index in [1.807, 2.05) is 48.9 Å². The van der Waals surface area contributed by atoms with Crippen molar-refractivity contribution in [3.8, 4) is 11.1 Å². The van der Waals surface area contributed by atoms with Crippen molar-refractivity contribution < 1.29 is 5.11 Å². The van der Waals surface area contributed by atoms with Crippen LogP contribution < -0.4 is 0 Å². The lowest BCUT2D eigenvalue weighted by Gasteiger charge is -2.22. The van der Waals surface area contributed by atoms with Gasteiger partial charge in [-0.25, -0.2) is 4.98 Å². The van der Waals surface area contributed by atoms with Crippen LogP contribution in [-0.2, 0) is 0 Å². The Bertz CT molecular complexity index is 1170. The predicted octanol–water partition coefficient (Wildman–Crippen LogP) is 6.16. The molecule has 0 aliphatic carbocycles. The molecule has 0 radical (unpaired) electrons. The standard InChI is InChI=1S/C27H24N2O/c1-19-25-17-28-18-29(25)24(27(19)23-10-6-3-7-11-23)16-26(30)22-14-12-21(13-15-22)20-8-4-2-5-9-20/h2-15,17-18,24,26,30H,16H2,1H3/t24?,26-/m1/s1. The van der Waals surface area contributed by atoms with E-state index in [-0.39, 0.29) is 6.04 Å². The van der Waals surface area contributed by atoms with Gasteiger partial charge in [-0.3, -0.25) is 0 Å². The third-order valence-electron chi connectivity index (χ3n) is 6.06. The molecule has 0 saturated carbocycles. The van der Waals surface area contributed by atoms with E-state index < -0.39 is 6.10 Å². The van der Waals surface area contributed by atoms with Crippen LogP contribution in [0.3, 0.4) is 0 Å². The lowest BCUT2D eigenvalue weighted by molar-refractivity contribution is 0.156. The third kappa shape index (κ3) is 3.27. The van der Waals surface area contributed by atoms with Gasteiger partial charge >= 0.3 is 0 Å². The van der Waals surface area contributed by atoms with Crippen LogP contribution in [0.1, 0.15) is 42.3 Å². The maximum Gasteiger partial charge on any atom is 0.0956 e. The SMILES string of the molecule is CC1=C(c2ccccc2)C(C[C@@H](O)c2ccc(-c3ccccc3)cc2)n2cncc21. The van der Waals surface area contributed by atoms with Gasteiger partial charge in [0.05, 0.1) is 30.4 Å². The van der Waals surface area contributed by atoms with Crippen LogP contribution in [-0.4, -0.2) is 14.7 Å². The van der Waals surface area contributed by atoms with Gasteiger partial charge in [-0.1, -0.05) is 84.9 Å². The quantitative estimate of drug-likeness (QED) is 0.442. The fraction of sp³-hybridized carbons (Fsp3) is 0.148. The van der Waals surface area contributed by atoms with E-state index in [1.54, 1.807) is 0 Å². The van der Waals surface area contributed by atoms with E-state index in [4.69, 9.17) is 0 Å². The second kappa shape index (κ2) is 7.77. The molecule has 0 fully saturated rings. The first-order valence-electron chi connectivity index (χ1n) is 10.3. The molecule has 3 nitrogen and oxygen atoms in total. The fourth-order valence-electron chi connectivity index (χ4n) is 4.50. The zero-order valence-electron chi connectivity index (χ0n) is 16.9. The summed E-state index contributed by atoms with van der Waals surface area (Å²) in [6.45, 7) is 2.15. The number of rotatable bonds is 5. The summed E-state index contributed by atoms with van der Waals surface area (Å²) in [5.41, 5.74) is 8.12. The van der Waals surface area contributed by atoms with E-state index in [0.29, 0.717) is 6.42 Å². The molecule has 2 atom stereocenters. The van der Waals surface area contributed by atoms with Crippen molar-refractivity contribution in [1.29, 1.82) is 0 Å². The minimum atomic E-state index is -0.556. The molecule has 1 aromatic heterocycles. The predicted molar refractivity (Wildman–Crippen MR) is 122 cm³/mol. The summed E-state index contributed by atoms with van der Waals surface area (Å²) in [5.74, 6) is 0. The van der Waals surface area contributed by atoms with Gasteiger partial charge in [0.1, 0.15) is 0 Å². The zero-order chi connectivity index (χ0) is 20.5. The lowest BCUT2D eigenvalue weighted by Crippen LogP contribution is -2.12. The topological polar surface area (TPSA) is 38.0 Å². The Kier molecular flexibility index (Phi) is 4.82. The normalized spacial score (nSPS) is 16.5. The minimum Gasteiger partial charge on any atom is -0.388 e. The van der Waals surface area contributed by atoms with E-state index in [1.165, 1.54) is 22.3 Å². The van der Waals surface area contributed by atoms with Gasteiger partial charge in [-0.2, -0.15) is 0 Å². The molecule has 0 bridgehead atoms. The smallest absolute Gasteiger partial charge is 0.0956 e. The summed E-state index contributed by atoms with van der Waals surface area (Å²) < 4.78 is 2.19. The molecule has 1 aliphatic rings. The largest absolute Gasteiger partial charge is 0.388 e. The third-order valence-corrected chi connectivity index (χ3v) is 6.06. The minimum absolute atomic E-state index is 0.0636. The summed E-state index contributed by atoms with van der Waals surface area (Å²) in [6, 6.07) is 29.1. The zero-order valence-corrected chi connectivity index (χ0v) is 16.9. The van der Waals surface area contributed by atoms with Crippen LogP contribution in [0.5, 0.6) is 0 Å². The van der Waals surface area contributed by atoms with Gasteiger partial charge in [0, 0.05) is 6.42 Å². The number of aliphatic hydroxyl groups is 1. The summed E-state index contributed by atoms with van der Waals surface area (Å²) >= 11 is 0. The molecule has 1 unspecified atom stereocenters. The van der Waals surface area contributed by atoms with Crippen molar-refractivity contribution in [3.05, 3.63) is 114 Å². The van der Waals surface area contributed by atoms with Crippen molar-refractivity contribution in [2.24, 2.45) is 0 Å². The molecule has 2 heterocycles. The summed E-state index contributed by atoms with van der Waals surface area (Å²) in [5, 5.41) is 11.1. The van der Waals surface area contributed by atoms with Crippen LogP contribution in [0.25, 0.3) is 22.3 Å². The number of hydrogen-bond donors (Lipinski definition) is 1. The highest BCUT2D eigenvalue weighted by atomic mass is 16.3. The summed E-state index contributed by atoms with van der Waals surface area (Å²) in [4.78, 5) is 4.34. The van der Waals surface area contributed by atoms with Gasteiger partial charge in [-0.05, 0) is 40.3 Å². The Morgan fingerprint density at radius 3 is 2.10 bits per heavy atom. The molecule has 3 heteroatoms. The van der Waals surface area contributed by atoms with Crippen molar-refractivity contribution in [2.75, 3.05) is 0 Å². The number of allylic oxidation sites excluding steroid dienone is 2. The van der Waals surface area contributed by atoms with Crippen LogP contribution >= 0.6 is 0 Å². The number of benzene rings is 3. The number of aliphatic hydroxyl groups excluding tert-OH is 1. The van der Waals surface area contributed by atoms with Crippen molar-refractivity contribution in [1.82, 2.24) is 9.55 Å². The van der Waals surface area contributed by atoms with Gasteiger partial charge in [-0.15, -0.1) is 0 Å². The Balaban J connectivity index is 1.43. The number of aromatic nitrogens is 2. The molecule has 1 aliphatic heterocycles. The number of fused-ring (bicyclic) bond motifs is 1. The highest BCUT2D eigenvalue weighted by molar-refractivity contribution is 5.93. The summed E-state index contributed by atoms with van der Waals surface area (Å²) in [7, 11) is 0. The van der Waals surface area contributed by atoms with E-state index in [0.717, 1.165) is 16.8 Å². The molecule has 30 heavy (non-hydrogen) atoms. The summed E-state index contributed by atoms with van der Waals surface area (Å²) in [6.07, 6.45) is 3.85. The van der Waals surface area contributed by atoms with Gasteiger partial charge < -0.3 is 9.67 Å². The molecule has 0 spiro atoms. The van der Waals surface area contributed by atoms with Gasteiger partial charge in [0.2, 0.25) is 0 Å². The maximum atomic E-state index is 11.1. The van der Waals surface area contributed by atoms with Crippen LogP contribution in [0.15, 0.2) is 97.5 Å². The number of imidazole rings is 1. The van der Waals surface area contributed by atoms with Crippen LogP contribution in [0, 0.1) is 0 Å². The average molecular weight is 393 g/mol. The first-order valence-corrected chi connectivity index (χ1v) is 10.3. The number of nitrogens with zero attached hydrogens (tertiary/aromatic N) is 2.